The molecule has 0 aromatic heterocycles. The van der Waals surface area contributed by atoms with Gasteiger partial charge in [0.25, 0.3) is 5.91 Å². The number of ether oxygens (including phenoxy) is 1. The number of likely N-dealkylation sites (tertiary alicyclic amines) is 1. The molecule has 0 bridgehead atoms. The van der Waals surface area contributed by atoms with Crippen LogP contribution in [-0.4, -0.2) is 55.0 Å². The average molecular weight is 453 g/mol. The first-order valence-corrected chi connectivity index (χ1v) is 11.5. The fourth-order valence-electron chi connectivity index (χ4n) is 3.55. The van der Waals surface area contributed by atoms with Crippen LogP contribution in [0.2, 0.25) is 0 Å². The van der Waals surface area contributed by atoms with Crippen LogP contribution in [0.15, 0.2) is 54.6 Å². The van der Waals surface area contributed by atoms with Crippen LogP contribution in [-0.2, 0) is 4.79 Å². The summed E-state index contributed by atoms with van der Waals surface area (Å²) in [6.45, 7) is 3.77. The molecule has 1 heterocycles. The minimum atomic E-state index is -0.294. The van der Waals surface area contributed by atoms with Crippen LogP contribution in [0.4, 0.5) is 10.5 Å². The number of rotatable bonds is 9. The molecule has 3 N–H and O–H groups in total. The van der Waals surface area contributed by atoms with E-state index in [1.807, 2.05) is 30.3 Å². The summed E-state index contributed by atoms with van der Waals surface area (Å²) in [5.74, 6) is 0.303. The molecule has 176 valence electrons. The van der Waals surface area contributed by atoms with Crippen molar-refractivity contribution in [3.05, 3.63) is 60.2 Å². The van der Waals surface area contributed by atoms with Gasteiger partial charge in [0.2, 0.25) is 5.91 Å². The van der Waals surface area contributed by atoms with Crippen molar-refractivity contribution in [3.63, 3.8) is 0 Å². The van der Waals surface area contributed by atoms with Gasteiger partial charge in [-0.3, -0.25) is 9.59 Å². The number of carbonyl (C=O) groups is 3. The maximum atomic E-state index is 12.5. The number of urea groups is 1. The first-order valence-electron chi connectivity index (χ1n) is 11.5. The van der Waals surface area contributed by atoms with Gasteiger partial charge in [-0.15, -0.1) is 0 Å². The lowest BCUT2D eigenvalue weighted by Gasteiger charge is -2.32. The molecule has 1 fully saturated rings. The summed E-state index contributed by atoms with van der Waals surface area (Å²) < 4.78 is 5.60. The molecule has 8 nitrogen and oxygen atoms in total. The van der Waals surface area contributed by atoms with Gasteiger partial charge in [0.05, 0.1) is 13.2 Å². The van der Waals surface area contributed by atoms with Crippen LogP contribution < -0.4 is 20.7 Å². The lowest BCUT2D eigenvalue weighted by molar-refractivity contribution is -0.131. The van der Waals surface area contributed by atoms with E-state index in [0.717, 1.165) is 24.3 Å². The van der Waals surface area contributed by atoms with E-state index in [1.165, 1.54) is 0 Å². The minimum Gasteiger partial charge on any atom is -0.494 e. The summed E-state index contributed by atoms with van der Waals surface area (Å²) in [4.78, 5) is 38.7. The summed E-state index contributed by atoms with van der Waals surface area (Å²) in [5, 5.41) is 8.44. The number of hydrogen-bond acceptors (Lipinski definition) is 4. The molecule has 8 heteroatoms. The third-order valence-electron chi connectivity index (χ3n) is 5.50. The third-order valence-corrected chi connectivity index (χ3v) is 5.50. The van der Waals surface area contributed by atoms with E-state index in [0.29, 0.717) is 38.1 Å². The van der Waals surface area contributed by atoms with E-state index in [4.69, 9.17) is 4.74 Å². The molecule has 1 aliphatic rings. The highest BCUT2D eigenvalue weighted by Crippen LogP contribution is 2.14. The van der Waals surface area contributed by atoms with E-state index in [-0.39, 0.29) is 30.4 Å². The summed E-state index contributed by atoms with van der Waals surface area (Å²) in [6, 6.07) is 15.9. The topological polar surface area (TPSA) is 99.8 Å². The molecule has 0 spiro atoms. The van der Waals surface area contributed by atoms with Crippen LogP contribution >= 0.6 is 0 Å². The van der Waals surface area contributed by atoms with Crippen molar-refractivity contribution in [1.29, 1.82) is 0 Å². The zero-order valence-corrected chi connectivity index (χ0v) is 19.0. The maximum Gasteiger partial charge on any atom is 0.319 e. The Morgan fingerprint density at radius 1 is 1.00 bits per heavy atom. The van der Waals surface area contributed by atoms with Gasteiger partial charge < -0.3 is 25.6 Å². The summed E-state index contributed by atoms with van der Waals surface area (Å²) in [5.41, 5.74) is 1.22. The smallest absolute Gasteiger partial charge is 0.319 e. The number of nitrogens with zero attached hydrogens (tertiary/aromatic N) is 1. The summed E-state index contributed by atoms with van der Waals surface area (Å²) in [7, 11) is 0. The molecule has 0 radical (unpaired) electrons. The molecule has 0 saturated carbocycles. The quantitative estimate of drug-likeness (QED) is 0.508. The van der Waals surface area contributed by atoms with E-state index in [2.05, 4.69) is 22.9 Å². The highest BCUT2D eigenvalue weighted by atomic mass is 16.5. The van der Waals surface area contributed by atoms with Gasteiger partial charge in [-0.2, -0.15) is 0 Å². The van der Waals surface area contributed by atoms with Crippen molar-refractivity contribution in [2.24, 2.45) is 0 Å². The largest absolute Gasteiger partial charge is 0.494 e. The molecule has 0 unspecified atom stereocenters. The van der Waals surface area contributed by atoms with Gasteiger partial charge in [-0.1, -0.05) is 31.5 Å². The highest BCUT2D eigenvalue weighted by molar-refractivity contribution is 5.96. The van der Waals surface area contributed by atoms with Crippen LogP contribution in [0, 0.1) is 0 Å². The SMILES string of the molecule is CCCCOc1ccc(C(=O)NCC(=O)N2CCC(NC(=O)Nc3ccccc3)CC2)cc1. The van der Waals surface area contributed by atoms with Crippen molar-refractivity contribution in [3.8, 4) is 5.75 Å². The van der Waals surface area contributed by atoms with Crippen LogP contribution in [0.1, 0.15) is 43.0 Å². The second-order valence-corrected chi connectivity index (χ2v) is 8.03. The van der Waals surface area contributed by atoms with Crippen LogP contribution in [0.5, 0.6) is 5.75 Å². The molecule has 2 aromatic carbocycles. The summed E-state index contributed by atoms with van der Waals surface area (Å²) in [6.07, 6.45) is 3.38. The van der Waals surface area contributed by atoms with Gasteiger partial charge >= 0.3 is 6.03 Å². The molecule has 0 aliphatic carbocycles. The van der Waals surface area contributed by atoms with E-state index >= 15 is 0 Å². The Labute approximate surface area is 194 Å². The van der Waals surface area contributed by atoms with Gasteiger partial charge in [-0.05, 0) is 55.7 Å². The summed E-state index contributed by atoms with van der Waals surface area (Å²) >= 11 is 0. The number of nitrogens with one attached hydrogen (secondary N) is 3. The fraction of sp³-hybridized carbons (Fsp3) is 0.400. The van der Waals surface area contributed by atoms with Crippen LogP contribution in [0.3, 0.4) is 0 Å². The predicted molar refractivity (Wildman–Crippen MR) is 127 cm³/mol. The Bertz CT molecular complexity index is 910. The minimum absolute atomic E-state index is 0.00501. The van der Waals surface area contributed by atoms with Crippen molar-refractivity contribution < 1.29 is 19.1 Å². The average Bonchev–Trinajstić information content (AvgIpc) is 2.84. The maximum absolute atomic E-state index is 12.5. The van der Waals surface area contributed by atoms with Crippen LogP contribution in [0.25, 0.3) is 0 Å². The first-order chi connectivity index (χ1) is 16.0. The Kier molecular flexibility index (Phi) is 9.11. The van der Waals surface area contributed by atoms with Crippen molar-refractivity contribution >= 4 is 23.5 Å². The van der Waals surface area contributed by atoms with Gasteiger partial charge in [-0.25, -0.2) is 4.79 Å². The number of carbonyl (C=O) groups excluding carboxylic acids is 3. The Balaban J connectivity index is 1.36. The van der Waals surface area contributed by atoms with Crippen molar-refractivity contribution in [2.45, 2.75) is 38.6 Å². The molecule has 0 atom stereocenters. The normalized spacial score (nSPS) is 13.8. The Morgan fingerprint density at radius 3 is 2.36 bits per heavy atom. The first kappa shape index (κ1) is 24.1. The fourth-order valence-corrected chi connectivity index (χ4v) is 3.55. The second-order valence-electron chi connectivity index (χ2n) is 8.03. The van der Waals surface area contributed by atoms with Gasteiger partial charge in [0.1, 0.15) is 5.75 Å². The number of amides is 4. The number of benzene rings is 2. The Hall–Kier alpha value is -3.55. The molecule has 1 saturated heterocycles. The molecule has 4 amide bonds. The van der Waals surface area contributed by atoms with E-state index in [1.54, 1.807) is 29.2 Å². The lowest BCUT2D eigenvalue weighted by Crippen LogP contribution is -2.49. The highest BCUT2D eigenvalue weighted by Gasteiger charge is 2.24. The van der Waals surface area contributed by atoms with Crippen molar-refractivity contribution in [1.82, 2.24) is 15.5 Å². The predicted octanol–water partition coefficient (Wildman–Crippen LogP) is 3.41. The van der Waals surface area contributed by atoms with E-state index in [9.17, 15) is 14.4 Å². The number of unbranched alkanes of at least 4 members (excludes halogenated alkanes) is 1. The van der Waals surface area contributed by atoms with Crippen molar-refractivity contribution in [2.75, 3.05) is 31.6 Å². The molecule has 2 aromatic rings. The second kappa shape index (κ2) is 12.5. The molecular weight excluding hydrogens is 420 g/mol. The molecule has 1 aliphatic heterocycles. The number of anilines is 1. The molecule has 33 heavy (non-hydrogen) atoms. The number of para-hydroxylation sites is 1. The number of hydrogen-bond donors (Lipinski definition) is 3. The van der Waals surface area contributed by atoms with E-state index < -0.39 is 0 Å². The lowest BCUT2D eigenvalue weighted by atomic mass is 10.1. The standard InChI is InChI=1S/C25H32N4O4/c1-2-3-17-33-22-11-9-19(10-12-22)24(31)26-18-23(30)29-15-13-21(14-16-29)28-25(32)27-20-7-5-4-6-8-20/h4-12,21H,2-3,13-18H2,1H3,(H,26,31)(H2,27,28,32). The van der Waals surface area contributed by atoms with Gasteiger partial charge in [0, 0.05) is 30.4 Å². The Morgan fingerprint density at radius 2 is 1.70 bits per heavy atom. The molecular formula is C25H32N4O4. The number of piperidine rings is 1. The monoisotopic (exact) mass is 452 g/mol. The zero-order chi connectivity index (χ0) is 23.5. The molecule has 3 rings (SSSR count). The third kappa shape index (κ3) is 7.82. The van der Waals surface area contributed by atoms with Gasteiger partial charge in [0.15, 0.2) is 0 Å². The zero-order valence-electron chi connectivity index (χ0n) is 19.0.